The number of hydrogen-bond acceptors (Lipinski definition) is 5. The number of nitrogens with one attached hydrogen (secondary N) is 2. The first-order valence-corrected chi connectivity index (χ1v) is 8.69. The summed E-state index contributed by atoms with van der Waals surface area (Å²) in [7, 11) is -0.899. The Hall–Kier alpha value is -0.660. The summed E-state index contributed by atoms with van der Waals surface area (Å²) in [4.78, 5) is 14.1. The van der Waals surface area contributed by atoms with E-state index in [1.807, 2.05) is 0 Å². The number of nitrogens with zero attached hydrogens (tertiary/aromatic N) is 1. The molecule has 0 radical (unpaired) electrons. The van der Waals surface area contributed by atoms with E-state index in [2.05, 4.69) is 22.6 Å². The van der Waals surface area contributed by atoms with Gasteiger partial charge in [0.15, 0.2) is 9.84 Å². The molecule has 2 aliphatic heterocycles. The summed E-state index contributed by atoms with van der Waals surface area (Å²) < 4.78 is 22.9. The quantitative estimate of drug-likeness (QED) is 0.692. The van der Waals surface area contributed by atoms with Gasteiger partial charge in [-0.15, -0.1) is 0 Å². The van der Waals surface area contributed by atoms with Crippen LogP contribution in [0.4, 0.5) is 0 Å². The van der Waals surface area contributed by atoms with E-state index in [0.29, 0.717) is 19.1 Å². The minimum atomic E-state index is -2.97. The van der Waals surface area contributed by atoms with Crippen molar-refractivity contribution in [2.24, 2.45) is 0 Å². The van der Waals surface area contributed by atoms with Crippen LogP contribution < -0.4 is 10.6 Å². The van der Waals surface area contributed by atoms with Crippen LogP contribution in [0, 0.1) is 0 Å². The van der Waals surface area contributed by atoms with E-state index in [0.717, 1.165) is 13.0 Å². The highest BCUT2D eigenvalue weighted by molar-refractivity contribution is 7.91. The first-order valence-electron chi connectivity index (χ1n) is 6.87. The molecule has 2 rings (SSSR count). The van der Waals surface area contributed by atoms with Crippen molar-refractivity contribution in [3.05, 3.63) is 0 Å². The van der Waals surface area contributed by atoms with Gasteiger partial charge in [0.05, 0.1) is 11.5 Å². The lowest BCUT2D eigenvalue weighted by Crippen LogP contribution is -2.48. The Bertz CT molecular complexity index is 424. The average Bonchev–Trinajstić information content (AvgIpc) is 2.71. The molecule has 0 aromatic rings. The Labute approximate surface area is 114 Å². The number of likely N-dealkylation sites (tertiary alicyclic amines) is 1. The summed E-state index contributed by atoms with van der Waals surface area (Å²) in [6.07, 6.45) is 2.54. The lowest BCUT2D eigenvalue weighted by Gasteiger charge is -2.24. The van der Waals surface area contributed by atoms with Crippen LogP contribution in [-0.4, -0.2) is 69.5 Å². The summed E-state index contributed by atoms with van der Waals surface area (Å²) >= 11 is 0. The second-order valence-electron chi connectivity index (χ2n) is 5.55. The number of carbonyl (C=O) groups is 1. The van der Waals surface area contributed by atoms with E-state index in [1.54, 1.807) is 0 Å². The van der Waals surface area contributed by atoms with Crippen molar-refractivity contribution < 1.29 is 13.2 Å². The zero-order chi connectivity index (χ0) is 13.9. The molecular formula is C12H23N3O3S. The molecule has 6 nitrogen and oxygen atoms in total. The van der Waals surface area contributed by atoms with Crippen molar-refractivity contribution in [3.63, 3.8) is 0 Å². The maximum atomic E-state index is 11.8. The maximum Gasteiger partial charge on any atom is 0.221 e. The van der Waals surface area contributed by atoms with E-state index in [9.17, 15) is 13.2 Å². The molecule has 0 spiro atoms. The highest BCUT2D eigenvalue weighted by Gasteiger charge is 2.26. The Morgan fingerprint density at radius 2 is 2.26 bits per heavy atom. The van der Waals surface area contributed by atoms with Crippen LogP contribution in [0.25, 0.3) is 0 Å². The van der Waals surface area contributed by atoms with Crippen molar-refractivity contribution in [1.82, 2.24) is 15.5 Å². The highest BCUT2D eigenvalue weighted by atomic mass is 32.2. The molecule has 2 unspecified atom stereocenters. The zero-order valence-electron chi connectivity index (χ0n) is 11.4. The molecule has 2 heterocycles. The summed E-state index contributed by atoms with van der Waals surface area (Å²) in [5.41, 5.74) is 0. The van der Waals surface area contributed by atoms with Crippen molar-refractivity contribution in [2.75, 3.05) is 38.2 Å². The van der Waals surface area contributed by atoms with Crippen LogP contribution >= 0.6 is 0 Å². The summed E-state index contributed by atoms with van der Waals surface area (Å²) in [6.45, 7) is 2.20. The molecule has 0 bridgehead atoms. The number of rotatable bonds is 4. The fraction of sp³-hybridized carbons (Fsp3) is 0.917. The van der Waals surface area contributed by atoms with E-state index in [1.165, 1.54) is 6.42 Å². The number of sulfone groups is 1. The number of likely N-dealkylation sites (N-methyl/N-ethyl adjacent to an activating group) is 1. The van der Waals surface area contributed by atoms with Crippen LogP contribution in [0.2, 0.25) is 0 Å². The van der Waals surface area contributed by atoms with Gasteiger partial charge in [-0.05, 0) is 26.4 Å². The summed E-state index contributed by atoms with van der Waals surface area (Å²) in [5.74, 6) is 0.191. The van der Waals surface area contributed by atoms with E-state index < -0.39 is 9.84 Å². The lowest BCUT2D eigenvalue weighted by atomic mass is 10.2. The van der Waals surface area contributed by atoms with Gasteiger partial charge in [0, 0.05) is 31.6 Å². The average molecular weight is 289 g/mol. The van der Waals surface area contributed by atoms with Gasteiger partial charge in [0.2, 0.25) is 5.91 Å². The molecule has 110 valence electrons. The topological polar surface area (TPSA) is 78.5 Å². The molecule has 7 heteroatoms. The second kappa shape index (κ2) is 6.19. The number of amides is 1. The molecule has 2 aliphatic rings. The molecule has 1 amide bonds. The van der Waals surface area contributed by atoms with E-state index in [-0.39, 0.29) is 29.9 Å². The Balaban J connectivity index is 1.72. The van der Waals surface area contributed by atoms with Gasteiger partial charge in [0.1, 0.15) is 0 Å². The van der Waals surface area contributed by atoms with Gasteiger partial charge in [-0.3, -0.25) is 4.79 Å². The third-order valence-electron chi connectivity index (χ3n) is 3.94. The van der Waals surface area contributed by atoms with Crippen LogP contribution in [-0.2, 0) is 14.6 Å². The molecule has 0 aromatic carbocycles. The largest absolute Gasteiger partial charge is 0.354 e. The van der Waals surface area contributed by atoms with Crippen LogP contribution in [0.15, 0.2) is 0 Å². The first kappa shape index (κ1) is 14.7. The second-order valence-corrected chi connectivity index (χ2v) is 7.78. The van der Waals surface area contributed by atoms with E-state index >= 15 is 0 Å². The molecule has 19 heavy (non-hydrogen) atoms. The van der Waals surface area contributed by atoms with Crippen molar-refractivity contribution >= 4 is 15.7 Å². The standard InChI is InChI=1S/C12H23N3O3S/c1-15-5-2-3-11(15)8-14-12(16)7-10-9-19(17,18)6-4-13-10/h10-11,13H,2-9H2,1H3,(H,14,16). The Morgan fingerprint density at radius 3 is 2.89 bits per heavy atom. The number of carbonyl (C=O) groups excluding carboxylic acids is 1. The molecule has 2 saturated heterocycles. The van der Waals surface area contributed by atoms with Crippen LogP contribution in [0.5, 0.6) is 0 Å². The predicted molar refractivity (Wildman–Crippen MR) is 73.7 cm³/mol. The van der Waals surface area contributed by atoms with Gasteiger partial charge < -0.3 is 15.5 Å². The van der Waals surface area contributed by atoms with Gasteiger partial charge >= 0.3 is 0 Å². The Morgan fingerprint density at radius 1 is 1.47 bits per heavy atom. The van der Waals surface area contributed by atoms with Crippen molar-refractivity contribution in [2.45, 2.75) is 31.3 Å². The van der Waals surface area contributed by atoms with Gasteiger partial charge in [0.25, 0.3) is 0 Å². The predicted octanol–water partition coefficient (Wildman–Crippen LogP) is -1.03. The highest BCUT2D eigenvalue weighted by Crippen LogP contribution is 2.13. The summed E-state index contributed by atoms with van der Waals surface area (Å²) in [5, 5.41) is 6.01. The minimum Gasteiger partial charge on any atom is -0.354 e. The third-order valence-corrected chi connectivity index (χ3v) is 5.68. The fourth-order valence-corrected chi connectivity index (χ4v) is 4.21. The van der Waals surface area contributed by atoms with Crippen LogP contribution in [0.1, 0.15) is 19.3 Å². The molecule has 2 atom stereocenters. The van der Waals surface area contributed by atoms with Crippen molar-refractivity contribution in [1.29, 1.82) is 0 Å². The fourth-order valence-electron chi connectivity index (χ4n) is 2.76. The van der Waals surface area contributed by atoms with E-state index in [4.69, 9.17) is 0 Å². The molecule has 0 aromatic heterocycles. The molecule has 0 saturated carbocycles. The van der Waals surface area contributed by atoms with Gasteiger partial charge in [-0.2, -0.15) is 0 Å². The Kier molecular flexibility index (Phi) is 4.81. The van der Waals surface area contributed by atoms with Gasteiger partial charge in [-0.25, -0.2) is 8.42 Å². The van der Waals surface area contributed by atoms with Gasteiger partial charge in [-0.1, -0.05) is 0 Å². The maximum absolute atomic E-state index is 11.8. The molecular weight excluding hydrogens is 266 g/mol. The minimum absolute atomic E-state index is 0.0603. The SMILES string of the molecule is CN1CCCC1CNC(=O)CC1CS(=O)(=O)CCN1. The number of hydrogen-bond donors (Lipinski definition) is 2. The zero-order valence-corrected chi connectivity index (χ0v) is 12.2. The summed E-state index contributed by atoms with van der Waals surface area (Å²) in [6, 6.07) is 0.187. The molecule has 2 N–H and O–H groups in total. The normalized spacial score (nSPS) is 31.2. The molecule has 2 fully saturated rings. The first-order chi connectivity index (χ1) is 8.96. The van der Waals surface area contributed by atoms with Crippen LogP contribution in [0.3, 0.4) is 0 Å². The molecule has 0 aliphatic carbocycles. The smallest absolute Gasteiger partial charge is 0.221 e. The third kappa shape index (κ3) is 4.43. The monoisotopic (exact) mass is 289 g/mol. The van der Waals surface area contributed by atoms with Crippen molar-refractivity contribution in [3.8, 4) is 0 Å². The lowest BCUT2D eigenvalue weighted by molar-refractivity contribution is -0.121.